The van der Waals surface area contributed by atoms with Crippen LogP contribution in [-0.2, 0) is 0 Å². The molecule has 14 heavy (non-hydrogen) atoms. The lowest BCUT2D eigenvalue weighted by atomic mass is 10.3. The highest BCUT2D eigenvalue weighted by atomic mass is 28.3. The van der Waals surface area contributed by atoms with Gasteiger partial charge in [0.15, 0.2) is 0 Å². The summed E-state index contributed by atoms with van der Waals surface area (Å²) in [7, 11) is -1.20. The molecule has 1 aliphatic rings. The quantitative estimate of drug-likeness (QED) is 0.621. The lowest BCUT2D eigenvalue weighted by Crippen LogP contribution is -2.45. The van der Waals surface area contributed by atoms with E-state index in [1.165, 1.54) is 36.5 Å². The Labute approximate surface area is 86.2 Å². The van der Waals surface area contributed by atoms with Gasteiger partial charge in [0.05, 0.1) is 8.07 Å². The second kappa shape index (κ2) is 3.85. The monoisotopic (exact) mass is 208 g/mol. The van der Waals surface area contributed by atoms with Gasteiger partial charge >= 0.3 is 0 Å². The Morgan fingerprint density at radius 1 is 1.00 bits per heavy atom. The van der Waals surface area contributed by atoms with Crippen molar-refractivity contribution in [3.05, 3.63) is 30.1 Å². The SMILES string of the molecule is C[Si]1(c2ccc(F)cc2)CCCCC1. The van der Waals surface area contributed by atoms with Crippen molar-refractivity contribution in [2.45, 2.75) is 37.9 Å². The predicted octanol–water partition coefficient (Wildman–Crippen LogP) is 3.30. The average molecular weight is 208 g/mol. The van der Waals surface area contributed by atoms with Crippen molar-refractivity contribution in [1.82, 2.24) is 0 Å². The van der Waals surface area contributed by atoms with E-state index >= 15 is 0 Å². The van der Waals surface area contributed by atoms with Gasteiger partial charge in [-0.05, 0) is 12.1 Å². The molecule has 1 saturated heterocycles. The van der Waals surface area contributed by atoms with E-state index in [4.69, 9.17) is 0 Å². The van der Waals surface area contributed by atoms with Gasteiger partial charge in [0, 0.05) is 0 Å². The Morgan fingerprint density at radius 2 is 1.57 bits per heavy atom. The molecule has 1 aromatic rings. The van der Waals surface area contributed by atoms with Gasteiger partial charge in [-0.3, -0.25) is 0 Å². The predicted molar refractivity (Wildman–Crippen MR) is 61.1 cm³/mol. The van der Waals surface area contributed by atoms with Gasteiger partial charge in [-0.2, -0.15) is 0 Å². The Bertz CT molecular complexity index is 299. The zero-order chi connectivity index (χ0) is 10.0. The first-order chi connectivity index (χ1) is 6.71. The summed E-state index contributed by atoms with van der Waals surface area (Å²) in [6.07, 6.45) is 4.14. The number of rotatable bonds is 1. The molecule has 1 heterocycles. The summed E-state index contributed by atoms with van der Waals surface area (Å²) in [5, 5.41) is 1.44. The third kappa shape index (κ3) is 1.90. The molecule has 0 nitrogen and oxygen atoms in total. The van der Waals surface area contributed by atoms with Crippen LogP contribution in [-0.4, -0.2) is 8.07 Å². The van der Waals surface area contributed by atoms with Crippen molar-refractivity contribution in [2.24, 2.45) is 0 Å². The van der Waals surface area contributed by atoms with Crippen LogP contribution in [0.3, 0.4) is 0 Å². The van der Waals surface area contributed by atoms with Crippen LogP contribution in [0.15, 0.2) is 24.3 Å². The van der Waals surface area contributed by atoms with Crippen LogP contribution in [0.1, 0.15) is 19.3 Å². The molecule has 1 fully saturated rings. The van der Waals surface area contributed by atoms with Gasteiger partial charge in [0.1, 0.15) is 5.82 Å². The first-order valence-corrected chi connectivity index (χ1v) is 8.38. The highest BCUT2D eigenvalue weighted by molar-refractivity contribution is 6.90. The summed E-state index contributed by atoms with van der Waals surface area (Å²) in [5.41, 5.74) is 0. The highest BCUT2D eigenvalue weighted by Gasteiger charge is 2.30. The van der Waals surface area contributed by atoms with Crippen molar-refractivity contribution in [3.8, 4) is 0 Å². The third-order valence-electron chi connectivity index (χ3n) is 3.50. The smallest absolute Gasteiger partial charge is 0.123 e. The first-order valence-electron chi connectivity index (χ1n) is 5.47. The van der Waals surface area contributed by atoms with Gasteiger partial charge in [-0.1, -0.05) is 55.2 Å². The van der Waals surface area contributed by atoms with E-state index in [-0.39, 0.29) is 5.82 Å². The molecular formula is C12H17FSi. The van der Waals surface area contributed by atoms with Crippen LogP contribution in [0, 0.1) is 5.82 Å². The van der Waals surface area contributed by atoms with E-state index in [2.05, 4.69) is 6.55 Å². The van der Waals surface area contributed by atoms with Crippen LogP contribution in [0.4, 0.5) is 4.39 Å². The Hall–Kier alpha value is -0.633. The third-order valence-corrected chi connectivity index (χ3v) is 8.14. The summed E-state index contributed by atoms with van der Waals surface area (Å²) in [4.78, 5) is 0. The molecule has 1 aliphatic heterocycles. The fourth-order valence-corrected chi connectivity index (χ4v) is 6.33. The number of halogens is 1. The van der Waals surface area contributed by atoms with E-state index in [1.54, 1.807) is 12.1 Å². The first kappa shape index (κ1) is 9.90. The highest BCUT2D eigenvalue weighted by Crippen LogP contribution is 2.27. The second-order valence-electron chi connectivity index (χ2n) is 4.63. The maximum Gasteiger partial charge on any atom is 0.123 e. The van der Waals surface area contributed by atoms with E-state index < -0.39 is 8.07 Å². The zero-order valence-corrected chi connectivity index (χ0v) is 9.72. The Morgan fingerprint density at radius 3 is 2.14 bits per heavy atom. The van der Waals surface area contributed by atoms with Crippen LogP contribution in [0.25, 0.3) is 0 Å². The van der Waals surface area contributed by atoms with Crippen molar-refractivity contribution >= 4 is 13.3 Å². The van der Waals surface area contributed by atoms with E-state index in [0.29, 0.717) is 0 Å². The van der Waals surface area contributed by atoms with Crippen molar-refractivity contribution in [3.63, 3.8) is 0 Å². The minimum atomic E-state index is -1.20. The molecule has 0 amide bonds. The summed E-state index contributed by atoms with van der Waals surface area (Å²) in [6.45, 7) is 2.44. The largest absolute Gasteiger partial charge is 0.207 e. The standard InChI is InChI=1S/C12H17FSi/c1-14(9-3-2-4-10-14)12-7-5-11(13)6-8-12/h5-8H,2-4,9-10H2,1H3. The molecule has 76 valence electrons. The van der Waals surface area contributed by atoms with Gasteiger partial charge in [0.25, 0.3) is 0 Å². The average Bonchev–Trinajstić information content (AvgIpc) is 2.19. The molecule has 0 aromatic heterocycles. The molecule has 0 atom stereocenters. The zero-order valence-electron chi connectivity index (χ0n) is 8.72. The van der Waals surface area contributed by atoms with Crippen molar-refractivity contribution in [2.75, 3.05) is 0 Å². The summed E-state index contributed by atoms with van der Waals surface area (Å²) >= 11 is 0. The van der Waals surface area contributed by atoms with E-state index in [9.17, 15) is 4.39 Å². The fraction of sp³-hybridized carbons (Fsp3) is 0.500. The topological polar surface area (TPSA) is 0 Å². The van der Waals surface area contributed by atoms with E-state index in [1.807, 2.05) is 12.1 Å². The lowest BCUT2D eigenvalue weighted by molar-refractivity contribution is 0.628. The molecule has 0 radical (unpaired) electrons. The number of hydrogen-bond acceptors (Lipinski definition) is 0. The maximum atomic E-state index is 12.8. The molecule has 0 saturated carbocycles. The van der Waals surface area contributed by atoms with Crippen LogP contribution in [0.5, 0.6) is 0 Å². The van der Waals surface area contributed by atoms with Gasteiger partial charge in [0.2, 0.25) is 0 Å². The Kier molecular flexibility index (Phi) is 2.73. The molecule has 2 rings (SSSR count). The van der Waals surface area contributed by atoms with Gasteiger partial charge in [-0.25, -0.2) is 4.39 Å². The molecule has 0 aliphatic carbocycles. The summed E-state index contributed by atoms with van der Waals surface area (Å²) in [5.74, 6) is -0.109. The fourth-order valence-electron chi connectivity index (χ4n) is 2.47. The minimum absolute atomic E-state index is 0.109. The number of hydrogen-bond donors (Lipinski definition) is 0. The Balaban J connectivity index is 2.23. The molecule has 1 aromatic carbocycles. The van der Waals surface area contributed by atoms with Gasteiger partial charge < -0.3 is 0 Å². The number of benzene rings is 1. The molecular weight excluding hydrogens is 191 g/mol. The summed E-state index contributed by atoms with van der Waals surface area (Å²) in [6, 6.07) is 10.0. The van der Waals surface area contributed by atoms with Crippen LogP contribution < -0.4 is 5.19 Å². The lowest BCUT2D eigenvalue weighted by Gasteiger charge is -2.31. The second-order valence-corrected chi connectivity index (χ2v) is 9.33. The molecule has 0 spiro atoms. The molecule has 2 heteroatoms. The van der Waals surface area contributed by atoms with Crippen molar-refractivity contribution in [1.29, 1.82) is 0 Å². The van der Waals surface area contributed by atoms with Gasteiger partial charge in [-0.15, -0.1) is 0 Å². The maximum absolute atomic E-state index is 12.8. The van der Waals surface area contributed by atoms with Crippen LogP contribution in [0.2, 0.25) is 18.6 Å². The minimum Gasteiger partial charge on any atom is -0.207 e. The van der Waals surface area contributed by atoms with Crippen LogP contribution >= 0.6 is 0 Å². The van der Waals surface area contributed by atoms with E-state index in [0.717, 1.165) is 0 Å². The van der Waals surface area contributed by atoms with Crippen molar-refractivity contribution < 1.29 is 4.39 Å². The molecule has 0 N–H and O–H groups in total. The molecule has 0 unspecified atom stereocenters. The normalized spacial score (nSPS) is 20.7. The molecule has 0 bridgehead atoms. The summed E-state index contributed by atoms with van der Waals surface area (Å²) < 4.78 is 12.8.